The van der Waals surface area contributed by atoms with Gasteiger partial charge < -0.3 is 19.1 Å². The summed E-state index contributed by atoms with van der Waals surface area (Å²) in [6.07, 6.45) is 0. The zero-order valence-electron chi connectivity index (χ0n) is 15.8. The molecule has 0 spiro atoms. The fourth-order valence-electron chi connectivity index (χ4n) is 2.85. The number of morpholine rings is 1. The monoisotopic (exact) mass is 416 g/mol. The second kappa shape index (κ2) is 9.44. The first-order valence-corrected chi connectivity index (χ1v) is 9.51. The third kappa shape index (κ3) is 5.07. The van der Waals surface area contributed by atoms with Crippen molar-refractivity contribution in [1.82, 2.24) is 4.90 Å². The molecule has 0 unspecified atom stereocenters. The molecule has 0 radical (unpaired) electrons. The van der Waals surface area contributed by atoms with Crippen molar-refractivity contribution in [3.8, 4) is 11.5 Å². The van der Waals surface area contributed by atoms with Crippen molar-refractivity contribution in [3.63, 3.8) is 0 Å². The Hall–Kier alpha value is -3.04. The molecular weight excluding hydrogens is 396 g/mol. The van der Waals surface area contributed by atoms with Crippen molar-refractivity contribution in [1.29, 1.82) is 0 Å². The molecule has 3 rings (SSSR count). The first-order valence-electron chi connectivity index (χ1n) is 9.10. The van der Waals surface area contributed by atoms with Crippen LogP contribution < -0.4 is 9.47 Å². The van der Waals surface area contributed by atoms with Gasteiger partial charge in [-0.05, 0) is 31.2 Å². The highest BCUT2D eigenvalue weighted by atomic mass is 32.1. The van der Waals surface area contributed by atoms with Crippen LogP contribution in [0.4, 0.5) is 5.69 Å². The van der Waals surface area contributed by atoms with Crippen LogP contribution in [0.15, 0.2) is 42.5 Å². The molecule has 0 atom stereocenters. The van der Waals surface area contributed by atoms with Crippen LogP contribution >= 0.6 is 12.2 Å². The fourth-order valence-corrected chi connectivity index (χ4v) is 3.16. The number of benzene rings is 2. The number of esters is 1. The van der Waals surface area contributed by atoms with Gasteiger partial charge in [0.15, 0.2) is 11.5 Å². The van der Waals surface area contributed by atoms with Crippen molar-refractivity contribution >= 4 is 28.9 Å². The van der Waals surface area contributed by atoms with Gasteiger partial charge in [-0.15, -0.1) is 0 Å². The highest BCUT2D eigenvalue weighted by Crippen LogP contribution is 2.30. The Bertz CT molecular complexity index is 927. The number of carbonyl (C=O) groups is 1. The van der Waals surface area contributed by atoms with E-state index in [1.165, 1.54) is 24.3 Å². The van der Waals surface area contributed by atoms with Gasteiger partial charge in [0.2, 0.25) is 0 Å². The zero-order valence-corrected chi connectivity index (χ0v) is 16.6. The van der Waals surface area contributed by atoms with Crippen molar-refractivity contribution < 1.29 is 23.9 Å². The van der Waals surface area contributed by atoms with Gasteiger partial charge in [0.25, 0.3) is 5.69 Å². The Balaban J connectivity index is 1.81. The van der Waals surface area contributed by atoms with E-state index in [1.807, 2.05) is 6.92 Å². The van der Waals surface area contributed by atoms with Crippen LogP contribution in [0.25, 0.3) is 0 Å². The van der Waals surface area contributed by atoms with Crippen LogP contribution in [0, 0.1) is 10.1 Å². The first-order chi connectivity index (χ1) is 14.0. The fraction of sp³-hybridized carbons (Fsp3) is 0.300. The maximum atomic E-state index is 12.5. The van der Waals surface area contributed by atoms with Crippen molar-refractivity contribution in [2.24, 2.45) is 0 Å². The molecule has 0 N–H and O–H groups in total. The van der Waals surface area contributed by atoms with Gasteiger partial charge in [-0.3, -0.25) is 10.1 Å². The summed E-state index contributed by atoms with van der Waals surface area (Å²) in [4.78, 5) is 25.5. The number of ether oxygens (including phenoxy) is 3. The maximum absolute atomic E-state index is 12.5. The predicted molar refractivity (Wildman–Crippen MR) is 110 cm³/mol. The number of nitrogens with zero attached hydrogens (tertiary/aromatic N) is 2. The Morgan fingerprint density at radius 1 is 1.17 bits per heavy atom. The molecule has 1 aliphatic heterocycles. The highest BCUT2D eigenvalue weighted by Gasteiger charge is 2.19. The van der Waals surface area contributed by atoms with Gasteiger partial charge in [0.05, 0.1) is 30.3 Å². The van der Waals surface area contributed by atoms with Crippen molar-refractivity contribution in [2.75, 3.05) is 32.9 Å². The minimum Gasteiger partial charge on any atom is -0.490 e. The number of hydrogen-bond acceptors (Lipinski definition) is 7. The number of rotatable bonds is 6. The average Bonchev–Trinajstić information content (AvgIpc) is 2.75. The third-order valence-electron chi connectivity index (χ3n) is 4.28. The molecule has 1 aliphatic rings. The van der Waals surface area contributed by atoms with Crippen molar-refractivity contribution in [3.05, 3.63) is 63.7 Å². The minimum absolute atomic E-state index is 0.0783. The lowest BCUT2D eigenvalue weighted by Crippen LogP contribution is -2.40. The van der Waals surface area contributed by atoms with Crippen LogP contribution in [0.5, 0.6) is 11.5 Å². The van der Waals surface area contributed by atoms with Crippen LogP contribution in [0.2, 0.25) is 0 Å². The largest absolute Gasteiger partial charge is 0.490 e. The smallest absolute Gasteiger partial charge is 0.343 e. The molecule has 2 aromatic carbocycles. The molecule has 29 heavy (non-hydrogen) atoms. The maximum Gasteiger partial charge on any atom is 0.343 e. The average molecular weight is 416 g/mol. The second-order valence-corrected chi connectivity index (χ2v) is 6.58. The second-order valence-electron chi connectivity index (χ2n) is 6.20. The molecule has 152 valence electrons. The number of thiocarbonyl (C=S) groups is 1. The molecule has 1 heterocycles. The summed E-state index contributed by atoms with van der Waals surface area (Å²) in [6.45, 7) is 4.86. The molecular formula is C20H20N2O6S. The van der Waals surface area contributed by atoms with E-state index in [4.69, 9.17) is 26.4 Å². The number of nitro groups is 1. The van der Waals surface area contributed by atoms with Gasteiger partial charge in [-0.2, -0.15) is 0 Å². The molecule has 0 aromatic heterocycles. The number of hydrogen-bond donors (Lipinski definition) is 0. The topological polar surface area (TPSA) is 91.1 Å². The first kappa shape index (κ1) is 20.7. The number of carbonyl (C=O) groups excluding carboxylic acids is 1. The summed E-state index contributed by atoms with van der Waals surface area (Å²) in [5.41, 5.74) is 0.672. The van der Waals surface area contributed by atoms with E-state index >= 15 is 0 Å². The van der Waals surface area contributed by atoms with E-state index in [0.29, 0.717) is 43.6 Å². The van der Waals surface area contributed by atoms with Gasteiger partial charge in [0.1, 0.15) is 4.99 Å². The Morgan fingerprint density at radius 3 is 2.62 bits per heavy atom. The Labute approximate surface area is 173 Å². The third-order valence-corrected chi connectivity index (χ3v) is 4.78. The number of nitro benzene ring substituents is 1. The Kier molecular flexibility index (Phi) is 6.73. The molecule has 0 bridgehead atoms. The molecule has 0 aliphatic carbocycles. The predicted octanol–water partition coefficient (Wildman–Crippen LogP) is 3.22. The molecule has 0 saturated carbocycles. The molecule has 0 amide bonds. The van der Waals surface area contributed by atoms with E-state index in [2.05, 4.69) is 4.90 Å². The standard InChI is InChI=1S/C20H20N2O6S/c1-2-27-18-13-14(19(29)21-8-10-26-11-9-21)6-7-17(18)28-20(23)15-4-3-5-16(12-15)22(24)25/h3-7,12-13H,2,8-11H2,1H3. The van der Waals surface area contributed by atoms with E-state index in [9.17, 15) is 14.9 Å². The molecule has 9 heteroatoms. The van der Waals surface area contributed by atoms with E-state index < -0.39 is 10.9 Å². The quantitative estimate of drug-likeness (QED) is 0.233. The number of non-ortho nitro benzene ring substituents is 1. The van der Waals surface area contributed by atoms with E-state index in [-0.39, 0.29) is 17.0 Å². The van der Waals surface area contributed by atoms with Gasteiger partial charge in [-0.1, -0.05) is 18.3 Å². The van der Waals surface area contributed by atoms with Crippen LogP contribution in [-0.2, 0) is 4.74 Å². The van der Waals surface area contributed by atoms with Crippen LogP contribution in [-0.4, -0.2) is 53.7 Å². The van der Waals surface area contributed by atoms with Crippen LogP contribution in [0.1, 0.15) is 22.8 Å². The summed E-state index contributed by atoms with van der Waals surface area (Å²) in [7, 11) is 0. The van der Waals surface area contributed by atoms with E-state index in [1.54, 1.807) is 18.2 Å². The van der Waals surface area contributed by atoms with Crippen LogP contribution in [0.3, 0.4) is 0 Å². The van der Waals surface area contributed by atoms with Gasteiger partial charge >= 0.3 is 5.97 Å². The van der Waals surface area contributed by atoms with E-state index in [0.717, 1.165) is 5.56 Å². The molecule has 1 saturated heterocycles. The highest BCUT2D eigenvalue weighted by molar-refractivity contribution is 7.80. The van der Waals surface area contributed by atoms with Gasteiger partial charge in [0, 0.05) is 30.8 Å². The SMILES string of the molecule is CCOc1cc(C(=S)N2CCOCC2)ccc1OC(=O)c1cccc([N+](=O)[O-])c1. The minimum atomic E-state index is -0.710. The summed E-state index contributed by atoms with van der Waals surface area (Å²) in [5, 5.41) is 10.9. The van der Waals surface area contributed by atoms with Crippen molar-refractivity contribution in [2.45, 2.75) is 6.92 Å². The Morgan fingerprint density at radius 2 is 1.93 bits per heavy atom. The summed E-state index contributed by atoms with van der Waals surface area (Å²) >= 11 is 5.57. The summed E-state index contributed by atoms with van der Waals surface area (Å²) < 4.78 is 16.4. The zero-order chi connectivity index (χ0) is 20.8. The molecule has 8 nitrogen and oxygen atoms in total. The molecule has 1 fully saturated rings. The normalized spacial score (nSPS) is 13.6. The molecule has 2 aromatic rings. The lowest BCUT2D eigenvalue weighted by molar-refractivity contribution is -0.384. The summed E-state index contributed by atoms with van der Waals surface area (Å²) in [5.74, 6) is -0.116. The summed E-state index contributed by atoms with van der Waals surface area (Å²) in [6, 6.07) is 10.5. The lowest BCUT2D eigenvalue weighted by atomic mass is 10.1. The van der Waals surface area contributed by atoms with Gasteiger partial charge in [-0.25, -0.2) is 4.79 Å². The lowest BCUT2D eigenvalue weighted by Gasteiger charge is -2.29.